The van der Waals surface area contributed by atoms with E-state index in [9.17, 15) is 18.0 Å². The second-order valence-electron chi connectivity index (χ2n) is 6.28. The van der Waals surface area contributed by atoms with Crippen LogP contribution in [-0.4, -0.2) is 105 Å². The zero-order valence-electron chi connectivity index (χ0n) is 18.3. The predicted octanol–water partition coefficient (Wildman–Crippen LogP) is -0.324. The Hall–Kier alpha value is -2.13. The van der Waals surface area contributed by atoms with Gasteiger partial charge in [-0.3, -0.25) is 8.98 Å². The Bertz CT molecular complexity index is 759. The first-order valence-electron chi connectivity index (χ1n) is 10.2. The summed E-state index contributed by atoms with van der Waals surface area (Å²) < 4.78 is 54.5. The summed E-state index contributed by atoms with van der Waals surface area (Å²) in [6.07, 6.45) is 0. The molecule has 0 heterocycles. The second-order valence-corrected chi connectivity index (χ2v) is 7.89. The van der Waals surface area contributed by atoms with Gasteiger partial charge in [0.25, 0.3) is 10.1 Å². The average Bonchev–Trinajstić information content (AvgIpc) is 2.79. The van der Waals surface area contributed by atoms with Crippen LogP contribution in [0.4, 0.5) is 0 Å². The van der Waals surface area contributed by atoms with Crippen LogP contribution >= 0.6 is 0 Å². The number of hydrogen-bond acceptors (Lipinski definition) is 10. The summed E-state index contributed by atoms with van der Waals surface area (Å²) in [5, 5.41) is 10.9. The number of carboxylic acids is 1. The first-order chi connectivity index (χ1) is 15.9. The minimum atomic E-state index is -3.77. The molecule has 13 heteroatoms. The molecule has 1 aromatic carbocycles. The second kappa shape index (κ2) is 18.3. The summed E-state index contributed by atoms with van der Waals surface area (Å²) in [6.45, 7) is 1.86. The van der Waals surface area contributed by atoms with Crippen LogP contribution < -0.4 is 5.32 Å². The Morgan fingerprint density at radius 3 is 1.79 bits per heavy atom. The highest BCUT2D eigenvalue weighted by Crippen LogP contribution is 2.10. The van der Waals surface area contributed by atoms with Crippen LogP contribution in [0.25, 0.3) is 0 Å². The van der Waals surface area contributed by atoms with Gasteiger partial charge in [0.1, 0.15) is 13.2 Å². The maximum atomic E-state index is 11.9. The zero-order chi connectivity index (χ0) is 24.2. The average molecular weight is 494 g/mol. The third-order valence-corrected chi connectivity index (χ3v) is 4.97. The molecule has 1 rings (SSSR count). The highest BCUT2D eigenvalue weighted by Gasteiger charge is 2.13. The first-order valence-corrected chi connectivity index (χ1v) is 11.6. The summed E-state index contributed by atoms with van der Waals surface area (Å²) in [6, 6.07) is 7.88. The van der Waals surface area contributed by atoms with Crippen LogP contribution in [-0.2, 0) is 47.6 Å². The molecule has 0 aliphatic carbocycles. The SMILES string of the molecule is O=C(O)COCC(=O)NCCOCCOCCOCCOCCOS(=O)(=O)c1ccccc1. The minimum absolute atomic E-state index is 0.0808. The predicted molar refractivity (Wildman–Crippen MR) is 114 cm³/mol. The number of rotatable bonds is 21. The third kappa shape index (κ3) is 16.2. The van der Waals surface area contributed by atoms with Crippen LogP contribution in [0.5, 0.6) is 0 Å². The van der Waals surface area contributed by atoms with Crippen molar-refractivity contribution in [2.24, 2.45) is 0 Å². The third-order valence-electron chi connectivity index (χ3n) is 3.64. The van der Waals surface area contributed by atoms with Gasteiger partial charge in [-0.1, -0.05) is 18.2 Å². The van der Waals surface area contributed by atoms with Crippen LogP contribution in [0.15, 0.2) is 35.2 Å². The first kappa shape index (κ1) is 28.9. The summed E-state index contributed by atoms with van der Waals surface area (Å²) in [7, 11) is -3.77. The van der Waals surface area contributed by atoms with E-state index in [1.54, 1.807) is 18.2 Å². The van der Waals surface area contributed by atoms with E-state index in [-0.39, 0.29) is 37.9 Å². The van der Waals surface area contributed by atoms with Gasteiger partial charge in [-0.05, 0) is 12.1 Å². The van der Waals surface area contributed by atoms with E-state index in [0.717, 1.165) is 0 Å². The standard InChI is InChI=1S/C20H31NO11S/c22-19(16-31-17-20(23)24)21-6-7-27-8-9-28-10-11-29-12-13-30-14-15-32-33(25,26)18-4-2-1-3-5-18/h1-5H,6-17H2,(H,21,22)(H,23,24). The normalized spacial score (nSPS) is 11.4. The molecule has 0 bridgehead atoms. The molecule has 0 aliphatic heterocycles. The van der Waals surface area contributed by atoms with Gasteiger partial charge in [-0.25, -0.2) is 4.79 Å². The molecule has 0 saturated heterocycles. The Kier molecular flexibility index (Phi) is 16.0. The fourth-order valence-electron chi connectivity index (χ4n) is 2.16. The van der Waals surface area contributed by atoms with Gasteiger partial charge in [0.05, 0.1) is 64.4 Å². The molecule has 1 aromatic rings. The largest absolute Gasteiger partial charge is 0.480 e. The molecule has 0 spiro atoms. The van der Waals surface area contributed by atoms with E-state index in [1.807, 2.05) is 0 Å². The molecule has 0 fully saturated rings. The van der Waals surface area contributed by atoms with Gasteiger partial charge in [0.2, 0.25) is 5.91 Å². The fourth-order valence-corrected chi connectivity index (χ4v) is 3.08. The topological polar surface area (TPSA) is 156 Å². The smallest absolute Gasteiger partial charge is 0.329 e. The number of nitrogens with one attached hydrogen (secondary N) is 1. The van der Waals surface area contributed by atoms with Gasteiger partial charge in [-0.15, -0.1) is 0 Å². The Labute approximate surface area is 193 Å². The monoisotopic (exact) mass is 493 g/mol. The molecule has 2 N–H and O–H groups in total. The molecular formula is C20H31NO11S. The molecule has 0 aliphatic rings. The highest BCUT2D eigenvalue weighted by atomic mass is 32.2. The number of carboxylic acid groups (broad SMARTS) is 1. The van der Waals surface area contributed by atoms with E-state index in [2.05, 4.69) is 10.1 Å². The maximum absolute atomic E-state index is 11.9. The number of hydrogen-bond donors (Lipinski definition) is 2. The van der Waals surface area contributed by atoms with Gasteiger partial charge in [0, 0.05) is 6.54 Å². The van der Waals surface area contributed by atoms with Crippen LogP contribution in [0.1, 0.15) is 0 Å². The molecule has 1 amide bonds. The molecule has 0 radical (unpaired) electrons. The van der Waals surface area contributed by atoms with Gasteiger partial charge in [-0.2, -0.15) is 8.42 Å². The van der Waals surface area contributed by atoms with E-state index in [4.69, 9.17) is 28.2 Å². The van der Waals surface area contributed by atoms with Crippen molar-refractivity contribution < 1.29 is 51.0 Å². The van der Waals surface area contributed by atoms with Crippen LogP contribution in [0.3, 0.4) is 0 Å². The van der Waals surface area contributed by atoms with Gasteiger partial charge in [0.15, 0.2) is 0 Å². The van der Waals surface area contributed by atoms with Crippen molar-refractivity contribution in [2.75, 3.05) is 79.2 Å². The van der Waals surface area contributed by atoms with Gasteiger partial charge >= 0.3 is 5.97 Å². The Morgan fingerprint density at radius 2 is 1.24 bits per heavy atom. The van der Waals surface area contributed by atoms with Crippen molar-refractivity contribution in [1.29, 1.82) is 0 Å². The van der Waals surface area contributed by atoms with E-state index in [0.29, 0.717) is 39.6 Å². The maximum Gasteiger partial charge on any atom is 0.329 e. The highest BCUT2D eigenvalue weighted by molar-refractivity contribution is 7.86. The van der Waals surface area contributed by atoms with E-state index >= 15 is 0 Å². The zero-order valence-corrected chi connectivity index (χ0v) is 19.1. The lowest BCUT2D eigenvalue weighted by Gasteiger charge is -2.08. The summed E-state index contributed by atoms with van der Waals surface area (Å²) in [5.74, 6) is -1.55. The van der Waals surface area contributed by atoms with Crippen molar-refractivity contribution in [3.8, 4) is 0 Å². The summed E-state index contributed by atoms with van der Waals surface area (Å²) in [5.41, 5.74) is 0. The molecule has 0 saturated carbocycles. The fraction of sp³-hybridized carbons (Fsp3) is 0.600. The molecule has 0 aromatic heterocycles. The quantitative estimate of drug-likeness (QED) is 0.171. The lowest BCUT2D eigenvalue weighted by molar-refractivity contribution is -0.143. The minimum Gasteiger partial charge on any atom is -0.480 e. The summed E-state index contributed by atoms with van der Waals surface area (Å²) >= 11 is 0. The number of benzene rings is 1. The van der Waals surface area contributed by atoms with E-state index in [1.165, 1.54) is 12.1 Å². The molecule has 12 nitrogen and oxygen atoms in total. The van der Waals surface area contributed by atoms with Crippen molar-refractivity contribution in [3.63, 3.8) is 0 Å². The van der Waals surface area contributed by atoms with Crippen LogP contribution in [0, 0.1) is 0 Å². The number of amides is 1. The molecular weight excluding hydrogens is 462 g/mol. The summed E-state index contributed by atoms with van der Waals surface area (Å²) in [4.78, 5) is 21.6. The van der Waals surface area contributed by atoms with Crippen LogP contribution in [0.2, 0.25) is 0 Å². The van der Waals surface area contributed by atoms with Crippen molar-refractivity contribution in [3.05, 3.63) is 30.3 Å². The molecule has 33 heavy (non-hydrogen) atoms. The lowest BCUT2D eigenvalue weighted by atomic mass is 10.4. The van der Waals surface area contributed by atoms with Gasteiger partial charge < -0.3 is 34.1 Å². The Morgan fingerprint density at radius 1 is 0.727 bits per heavy atom. The van der Waals surface area contributed by atoms with E-state index < -0.39 is 28.6 Å². The van der Waals surface area contributed by atoms with Crippen molar-refractivity contribution in [2.45, 2.75) is 4.90 Å². The molecule has 188 valence electrons. The number of ether oxygens (including phenoxy) is 5. The van der Waals surface area contributed by atoms with Crippen molar-refractivity contribution >= 4 is 22.0 Å². The number of carbonyl (C=O) groups excluding carboxylic acids is 1. The Balaban J connectivity index is 1.81. The molecule has 0 unspecified atom stereocenters. The number of carbonyl (C=O) groups is 2. The molecule has 0 atom stereocenters. The lowest BCUT2D eigenvalue weighted by Crippen LogP contribution is -2.31. The number of aliphatic carboxylic acids is 1. The van der Waals surface area contributed by atoms with Crippen molar-refractivity contribution in [1.82, 2.24) is 5.32 Å².